The van der Waals surface area contributed by atoms with Crippen LogP contribution < -0.4 is 5.32 Å². The molecule has 0 bridgehead atoms. The molecule has 0 fully saturated rings. The van der Waals surface area contributed by atoms with Crippen molar-refractivity contribution in [2.24, 2.45) is 0 Å². The minimum Gasteiger partial charge on any atom is -0.455 e. The molecule has 0 saturated heterocycles. The van der Waals surface area contributed by atoms with Gasteiger partial charge in [0.05, 0.1) is 11.3 Å². The van der Waals surface area contributed by atoms with Gasteiger partial charge in [-0.3, -0.25) is 19.7 Å². The molecule has 1 amide bonds. The minimum absolute atomic E-state index is 0.0191. The Bertz CT molecular complexity index is 822. The molecule has 8 heteroatoms. The first-order valence-electron chi connectivity index (χ1n) is 7.30. The predicted molar refractivity (Wildman–Crippen MR) is 92.6 cm³/mol. The summed E-state index contributed by atoms with van der Waals surface area (Å²) >= 11 is 5.70. The molecule has 0 heterocycles. The Hall–Kier alpha value is -2.93. The van der Waals surface area contributed by atoms with E-state index in [0.717, 1.165) is 17.2 Å². The van der Waals surface area contributed by atoms with Gasteiger partial charge in [-0.1, -0.05) is 35.9 Å². The Kier molecular flexibility index (Phi) is 6.08. The molecule has 130 valence electrons. The van der Waals surface area contributed by atoms with Gasteiger partial charge in [0.15, 0.2) is 6.61 Å². The normalized spacial score (nSPS) is 10.2. The summed E-state index contributed by atoms with van der Waals surface area (Å²) in [6.07, 6.45) is 0.0427. The number of hydrogen-bond acceptors (Lipinski definition) is 5. The number of halogens is 1. The van der Waals surface area contributed by atoms with Crippen molar-refractivity contribution in [2.75, 3.05) is 11.9 Å². The second-order valence-corrected chi connectivity index (χ2v) is 5.67. The molecule has 1 N–H and O–H groups in total. The van der Waals surface area contributed by atoms with Crippen LogP contribution in [0.5, 0.6) is 0 Å². The van der Waals surface area contributed by atoms with Crippen LogP contribution in [0.25, 0.3) is 0 Å². The molecular weight excluding hydrogens is 348 g/mol. The van der Waals surface area contributed by atoms with Gasteiger partial charge >= 0.3 is 5.97 Å². The zero-order chi connectivity index (χ0) is 18.4. The number of nitro benzene ring substituents is 1. The monoisotopic (exact) mass is 362 g/mol. The van der Waals surface area contributed by atoms with Gasteiger partial charge in [0.1, 0.15) is 5.69 Å². The SMILES string of the molecule is Cc1ccccc1CC(=O)OCC(=O)Nc1ccc(Cl)cc1[N+](=O)[O-]. The standard InChI is InChI=1S/C17H15ClN2O5/c1-11-4-2-3-5-12(11)8-17(22)25-10-16(21)19-14-7-6-13(18)9-15(14)20(23)24/h2-7,9H,8,10H2,1H3,(H,19,21). The zero-order valence-electron chi connectivity index (χ0n) is 13.3. The summed E-state index contributed by atoms with van der Waals surface area (Å²) in [4.78, 5) is 34.0. The van der Waals surface area contributed by atoms with E-state index in [1.165, 1.54) is 12.1 Å². The fourth-order valence-corrected chi connectivity index (χ4v) is 2.28. The summed E-state index contributed by atoms with van der Waals surface area (Å²) in [6, 6.07) is 11.2. The van der Waals surface area contributed by atoms with Crippen molar-refractivity contribution >= 4 is 34.9 Å². The lowest BCUT2D eigenvalue weighted by atomic mass is 10.1. The first kappa shape index (κ1) is 18.4. The van der Waals surface area contributed by atoms with Crippen LogP contribution in [0, 0.1) is 17.0 Å². The Balaban J connectivity index is 1.92. The fourth-order valence-electron chi connectivity index (χ4n) is 2.11. The molecule has 0 spiro atoms. The molecule has 0 atom stereocenters. The first-order valence-corrected chi connectivity index (χ1v) is 7.68. The van der Waals surface area contributed by atoms with Crippen LogP contribution in [-0.2, 0) is 20.7 Å². The van der Waals surface area contributed by atoms with Crippen molar-refractivity contribution in [3.8, 4) is 0 Å². The van der Waals surface area contributed by atoms with Gasteiger partial charge in [0, 0.05) is 11.1 Å². The van der Waals surface area contributed by atoms with Crippen molar-refractivity contribution in [1.29, 1.82) is 0 Å². The summed E-state index contributed by atoms with van der Waals surface area (Å²) in [6.45, 7) is 1.33. The second kappa shape index (κ2) is 8.25. The van der Waals surface area contributed by atoms with Gasteiger partial charge < -0.3 is 10.1 Å². The highest BCUT2D eigenvalue weighted by Gasteiger charge is 2.17. The molecular formula is C17H15ClN2O5. The van der Waals surface area contributed by atoms with Crippen LogP contribution in [0.3, 0.4) is 0 Å². The van der Waals surface area contributed by atoms with Crippen molar-refractivity contribution in [3.05, 3.63) is 68.7 Å². The van der Waals surface area contributed by atoms with E-state index >= 15 is 0 Å². The third-order valence-electron chi connectivity index (χ3n) is 3.39. The van der Waals surface area contributed by atoms with Gasteiger partial charge in [-0.05, 0) is 30.2 Å². The number of aryl methyl sites for hydroxylation is 1. The molecule has 0 aliphatic heterocycles. The maximum Gasteiger partial charge on any atom is 0.310 e. The largest absolute Gasteiger partial charge is 0.455 e. The average Bonchev–Trinajstić information content (AvgIpc) is 2.56. The Morgan fingerprint density at radius 1 is 1.24 bits per heavy atom. The molecule has 2 rings (SSSR count). The first-order chi connectivity index (χ1) is 11.9. The summed E-state index contributed by atoms with van der Waals surface area (Å²) in [7, 11) is 0. The second-order valence-electron chi connectivity index (χ2n) is 5.23. The van der Waals surface area contributed by atoms with Gasteiger partial charge in [-0.15, -0.1) is 0 Å². The molecule has 7 nitrogen and oxygen atoms in total. The van der Waals surface area contributed by atoms with Crippen LogP contribution in [0.2, 0.25) is 5.02 Å². The van der Waals surface area contributed by atoms with E-state index in [-0.39, 0.29) is 22.8 Å². The number of nitro groups is 1. The maximum absolute atomic E-state index is 11.9. The smallest absolute Gasteiger partial charge is 0.310 e. The van der Waals surface area contributed by atoms with Crippen LogP contribution >= 0.6 is 11.6 Å². The Morgan fingerprint density at radius 2 is 1.96 bits per heavy atom. The quantitative estimate of drug-likeness (QED) is 0.483. The van der Waals surface area contributed by atoms with Crippen LogP contribution in [0.4, 0.5) is 11.4 Å². The van der Waals surface area contributed by atoms with Gasteiger partial charge in [0.2, 0.25) is 0 Å². The number of benzene rings is 2. The Labute approximate surface area is 148 Å². The third kappa shape index (κ3) is 5.29. The van der Waals surface area contributed by atoms with Gasteiger partial charge in [-0.25, -0.2) is 0 Å². The fraction of sp³-hybridized carbons (Fsp3) is 0.176. The highest BCUT2D eigenvalue weighted by atomic mass is 35.5. The van der Waals surface area contributed by atoms with Gasteiger partial charge in [-0.2, -0.15) is 0 Å². The highest BCUT2D eigenvalue weighted by Crippen LogP contribution is 2.27. The molecule has 0 aromatic heterocycles. The topological polar surface area (TPSA) is 98.5 Å². The van der Waals surface area contributed by atoms with Crippen molar-refractivity contribution in [3.63, 3.8) is 0 Å². The van der Waals surface area contributed by atoms with Crippen molar-refractivity contribution < 1.29 is 19.2 Å². The third-order valence-corrected chi connectivity index (χ3v) is 3.63. The number of anilines is 1. The van der Waals surface area contributed by atoms with Crippen molar-refractivity contribution in [1.82, 2.24) is 0 Å². The van der Waals surface area contributed by atoms with E-state index in [4.69, 9.17) is 16.3 Å². The Morgan fingerprint density at radius 3 is 2.64 bits per heavy atom. The van der Waals surface area contributed by atoms with E-state index in [9.17, 15) is 19.7 Å². The summed E-state index contributed by atoms with van der Waals surface area (Å²) in [5, 5.41) is 13.5. The number of hydrogen-bond donors (Lipinski definition) is 1. The lowest BCUT2D eigenvalue weighted by molar-refractivity contribution is -0.383. The number of nitrogens with zero attached hydrogens (tertiary/aromatic N) is 1. The average molecular weight is 363 g/mol. The molecule has 0 aliphatic carbocycles. The predicted octanol–water partition coefficient (Wildman–Crippen LogP) is 3.28. The maximum atomic E-state index is 11.9. The number of ether oxygens (including phenoxy) is 1. The lowest BCUT2D eigenvalue weighted by Crippen LogP contribution is -2.22. The summed E-state index contributed by atoms with van der Waals surface area (Å²) in [5.41, 5.74) is 1.39. The van der Waals surface area contributed by atoms with Crippen LogP contribution in [0.1, 0.15) is 11.1 Å². The van der Waals surface area contributed by atoms with E-state index in [1.807, 2.05) is 25.1 Å². The van der Waals surface area contributed by atoms with Crippen LogP contribution in [0.15, 0.2) is 42.5 Å². The van der Waals surface area contributed by atoms with E-state index in [1.54, 1.807) is 6.07 Å². The molecule has 0 saturated carbocycles. The summed E-state index contributed by atoms with van der Waals surface area (Å²) < 4.78 is 4.91. The number of amides is 1. The summed E-state index contributed by atoms with van der Waals surface area (Å²) in [5.74, 6) is -1.24. The number of esters is 1. The minimum atomic E-state index is -0.677. The van der Waals surface area contributed by atoms with Crippen LogP contribution in [-0.4, -0.2) is 23.4 Å². The molecule has 25 heavy (non-hydrogen) atoms. The number of rotatable bonds is 6. The van der Waals surface area contributed by atoms with E-state index in [0.29, 0.717) is 0 Å². The number of carbonyl (C=O) groups is 2. The number of nitrogens with one attached hydrogen (secondary N) is 1. The molecule has 0 aliphatic rings. The lowest BCUT2D eigenvalue weighted by Gasteiger charge is -2.08. The van der Waals surface area contributed by atoms with Crippen molar-refractivity contribution in [2.45, 2.75) is 13.3 Å². The van der Waals surface area contributed by atoms with E-state index in [2.05, 4.69) is 5.32 Å². The zero-order valence-corrected chi connectivity index (χ0v) is 14.1. The molecule has 2 aromatic rings. The molecule has 0 unspecified atom stereocenters. The number of carbonyl (C=O) groups excluding carboxylic acids is 2. The molecule has 2 aromatic carbocycles. The van der Waals surface area contributed by atoms with E-state index < -0.39 is 23.4 Å². The molecule has 0 radical (unpaired) electrons. The highest BCUT2D eigenvalue weighted by molar-refractivity contribution is 6.31. The van der Waals surface area contributed by atoms with Gasteiger partial charge in [0.25, 0.3) is 11.6 Å².